The van der Waals surface area contributed by atoms with Crippen LogP contribution in [0.5, 0.6) is 28.9 Å². The average molecular weight is 510 g/mol. The van der Waals surface area contributed by atoms with Gasteiger partial charge in [0.2, 0.25) is 5.88 Å². The number of hydrogen-bond donors (Lipinski definition) is 1. The molecule has 1 atom stereocenters. The number of nitrogens with zero attached hydrogens (tertiary/aromatic N) is 5. The molecule has 0 unspecified atom stereocenters. The minimum absolute atomic E-state index is 0.0755. The molecule has 0 spiro atoms. The molecule has 1 aliphatic heterocycles. The third-order valence-electron chi connectivity index (χ3n) is 6.24. The first-order valence-corrected chi connectivity index (χ1v) is 11.8. The number of rotatable bonds is 7. The molecule has 2 aromatic heterocycles. The van der Waals surface area contributed by atoms with E-state index >= 15 is 0 Å². The van der Waals surface area contributed by atoms with E-state index in [-0.39, 0.29) is 18.3 Å². The maximum atomic E-state index is 10.1. The van der Waals surface area contributed by atoms with E-state index in [1.165, 1.54) is 6.33 Å². The molecule has 10 heteroatoms. The summed E-state index contributed by atoms with van der Waals surface area (Å²) in [6.07, 6.45) is 3.17. The molecule has 0 fully saturated rings. The Morgan fingerprint density at radius 1 is 1.03 bits per heavy atom. The number of ether oxygens (including phenoxy) is 3. The van der Waals surface area contributed by atoms with Gasteiger partial charge in [-0.15, -0.1) is 5.10 Å². The van der Waals surface area contributed by atoms with Crippen LogP contribution in [0.3, 0.4) is 0 Å². The second-order valence-corrected chi connectivity index (χ2v) is 8.55. The normalized spacial score (nSPS) is 14.1. The highest BCUT2D eigenvalue weighted by Gasteiger charge is 2.34. The Kier molecular flexibility index (Phi) is 5.97. The number of benzene rings is 3. The van der Waals surface area contributed by atoms with Crippen molar-refractivity contribution in [3.05, 3.63) is 101 Å². The summed E-state index contributed by atoms with van der Waals surface area (Å²) in [5.74, 6) is 2.28. The molecule has 0 saturated carbocycles. The summed E-state index contributed by atoms with van der Waals surface area (Å²) in [5, 5.41) is 18.7. The molecule has 5 aromatic rings. The SMILES string of the molecule is COc1ccc([C@@H]2c3ccc(O)cc3Oc3ncn4nc(CO/N=C\c5ccccc5)nc4c32)cc1OC. The zero-order valence-electron chi connectivity index (χ0n) is 20.6. The fourth-order valence-corrected chi connectivity index (χ4v) is 4.52. The molecule has 1 N–H and O–H groups in total. The zero-order chi connectivity index (χ0) is 26.1. The predicted octanol–water partition coefficient (Wildman–Crippen LogP) is 4.68. The number of hydrogen-bond acceptors (Lipinski definition) is 9. The topological polar surface area (TPSA) is 113 Å². The molecule has 38 heavy (non-hydrogen) atoms. The highest BCUT2D eigenvalue weighted by atomic mass is 16.6. The number of fused-ring (bicyclic) bond motifs is 4. The van der Waals surface area contributed by atoms with Crippen molar-refractivity contribution in [1.29, 1.82) is 0 Å². The third kappa shape index (κ3) is 4.21. The maximum Gasteiger partial charge on any atom is 0.228 e. The Bertz CT molecular complexity index is 1650. The van der Waals surface area contributed by atoms with E-state index in [1.54, 1.807) is 37.1 Å². The second kappa shape index (κ2) is 9.74. The van der Waals surface area contributed by atoms with Crippen LogP contribution in [0, 0.1) is 0 Å². The van der Waals surface area contributed by atoms with Crippen LogP contribution in [0.25, 0.3) is 5.65 Å². The number of phenolic OH excluding ortho intramolecular Hbond substituents is 1. The van der Waals surface area contributed by atoms with Crippen LogP contribution >= 0.6 is 0 Å². The predicted molar refractivity (Wildman–Crippen MR) is 138 cm³/mol. The average Bonchev–Trinajstić information content (AvgIpc) is 3.37. The minimum Gasteiger partial charge on any atom is -0.508 e. The Morgan fingerprint density at radius 3 is 2.68 bits per heavy atom. The van der Waals surface area contributed by atoms with E-state index < -0.39 is 0 Å². The van der Waals surface area contributed by atoms with E-state index in [2.05, 4.69) is 15.2 Å². The quantitative estimate of drug-likeness (QED) is 0.244. The van der Waals surface area contributed by atoms with E-state index in [4.69, 9.17) is 24.0 Å². The fraction of sp³-hybridized carbons (Fsp3) is 0.143. The van der Waals surface area contributed by atoms with Gasteiger partial charge in [0.1, 0.15) is 17.8 Å². The molecule has 0 bridgehead atoms. The lowest BCUT2D eigenvalue weighted by Crippen LogP contribution is -2.15. The number of aromatic nitrogens is 4. The van der Waals surface area contributed by atoms with Gasteiger partial charge in [0.15, 0.2) is 29.6 Å². The van der Waals surface area contributed by atoms with Gasteiger partial charge in [-0.3, -0.25) is 0 Å². The van der Waals surface area contributed by atoms with E-state index in [1.807, 2.05) is 54.6 Å². The Morgan fingerprint density at radius 2 is 1.87 bits per heavy atom. The summed E-state index contributed by atoms with van der Waals surface area (Å²) in [4.78, 5) is 14.7. The fourth-order valence-electron chi connectivity index (χ4n) is 4.52. The van der Waals surface area contributed by atoms with Crippen molar-refractivity contribution in [2.75, 3.05) is 14.2 Å². The molecule has 3 heterocycles. The van der Waals surface area contributed by atoms with Crippen molar-refractivity contribution in [3.8, 4) is 28.9 Å². The van der Waals surface area contributed by atoms with E-state index in [0.717, 1.165) is 22.3 Å². The van der Waals surface area contributed by atoms with Crippen LogP contribution in [0.15, 0.2) is 78.2 Å². The van der Waals surface area contributed by atoms with Crippen molar-refractivity contribution in [2.45, 2.75) is 12.5 Å². The first-order valence-electron chi connectivity index (χ1n) is 11.8. The van der Waals surface area contributed by atoms with Crippen LogP contribution < -0.4 is 14.2 Å². The summed E-state index contributed by atoms with van der Waals surface area (Å²) in [5.41, 5.74) is 3.96. The van der Waals surface area contributed by atoms with Gasteiger partial charge in [-0.25, -0.2) is 14.5 Å². The zero-order valence-corrected chi connectivity index (χ0v) is 20.6. The van der Waals surface area contributed by atoms with Gasteiger partial charge < -0.3 is 24.2 Å². The van der Waals surface area contributed by atoms with Crippen molar-refractivity contribution in [3.63, 3.8) is 0 Å². The number of methoxy groups -OCH3 is 2. The number of oxime groups is 1. The standard InChI is InChI=1S/C28H23N5O5/c1-35-21-11-8-18(12-23(21)36-2)25-20-10-9-19(34)13-22(20)38-28-26(25)27-31-24(32-33(27)16-29-28)15-37-30-14-17-6-4-3-5-7-17/h3-14,16,25,34H,15H2,1-2H3/b30-14-/t25-/m1/s1. The van der Waals surface area contributed by atoms with E-state index in [9.17, 15) is 5.11 Å². The lowest BCUT2D eigenvalue weighted by atomic mass is 9.83. The van der Waals surface area contributed by atoms with Crippen LogP contribution in [0.2, 0.25) is 0 Å². The Labute approximate surface area is 217 Å². The van der Waals surface area contributed by atoms with Crippen LogP contribution in [-0.4, -0.2) is 45.1 Å². The molecule has 1 aliphatic rings. The van der Waals surface area contributed by atoms with Gasteiger partial charge in [-0.1, -0.05) is 47.6 Å². The Balaban J connectivity index is 1.41. The molecule has 0 saturated heterocycles. The van der Waals surface area contributed by atoms with Crippen molar-refractivity contribution in [1.82, 2.24) is 19.6 Å². The second-order valence-electron chi connectivity index (χ2n) is 8.55. The maximum absolute atomic E-state index is 10.1. The largest absolute Gasteiger partial charge is 0.508 e. The van der Waals surface area contributed by atoms with Crippen LogP contribution in [0.4, 0.5) is 0 Å². The molecular weight excluding hydrogens is 486 g/mol. The van der Waals surface area contributed by atoms with Crippen LogP contribution in [0.1, 0.15) is 34.0 Å². The summed E-state index contributed by atoms with van der Waals surface area (Å²) in [6, 6.07) is 20.4. The summed E-state index contributed by atoms with van der Waals surface area (Å²) in [7, 11) is 3.19. The van der Waals surface area contributed by atoms with Crippen molar-refractivity contribution < 1.29 is 24.2 Å². The van der Waals surface area contributed by atoms with Gasteiger partial charge in [-0.2, -0.15) is 0 Å². The first kappa shape index (κ1) is 23.3. The highest BCUT2D eigenvalue weighted by Crippen LogP contribution is 2.49. The van der Waals surface area contributed by atoms with Crippen LogP contribution in [-0.2, 0) is 11.4 Å². The summed E-state index contributed by atoms with van der Waals surface area (Å²) < 4.78 is 18.7. The number of phenols is 1. The van der Waals surface area contributed by atoms with Crippen molar-refractivity contribution >= 4 is 11.9 Å². The van der Waals surface area contributed by atoms with Gasteiger partial charge in [-0.05, 0) is 29.3 Å². The summed E-state index contributed by atoms with van der Waals surface area (Å²) >= 11 is 0. The molecular formula is C28H23N5O5. The summed E-state index contributed by atoms with van der Waals surface area (Å²) in [6.45, 7) is 0.0755. The van der Waals surface area contributed by atoms with Crippen molar-refractivity contribution in [2.24, 2.45) is 5.16 Å². The number of aromatic hydroxyl groups is 1. The van der Waals surface area contributed by atoms with Gasteiger partial charge in [0.05, 0.1) is 26.0 Å². The smallest absolute Gasteiger partial charge is 0.228 e. The van der Waals surface area contributed by atoms with E-state index in [0.29, 0.717) is 34.6 Å². The Hall–Kier alpha value is -5.12. The molecule has 0 aliphatic carbocycles. The molecule has 6 rings (SSSR count). The lowest BCUT2D eigenvalue weighted by molar-refractivity contribution is 0.126. The molecule has 10 nitrogen and oxygen atoms in total. The molecule has 190 valence electrons. The molecule has 0 amide bonds. The highest BCUT2D eigenvalue weighted by molar-refractivity contribution is 5.78. The van der Waals surface area contributed by atoms with Gasteiger partial charge in [0, 0.05) is 17.5 Å². The minimum atomic E-state index is -0.334. The lowest BCUT2D eigenvalue weighted by Gasteiger charge is -2.28. The monoisotopic (exact) mass is 509 g/mol. The van der Waals surface area contributed by atoms with Gasteiger partial charge >= 0.3 is 0 Å². The first-order chi connectivity index (χ1) is 18.6. The third-order valence-corrected chi connectivity index (χ3v) is 6.24. The molecule has 0 radical (unpaired) electrons. The van der Waals surface area contributed by atoms with Gasteiger partial charge in [0.25, 0.3) is 0 Å². The molecule has 3 aromatic carbocycles.